The summed E-state index contributed by atoms with van der Waals surface area (Å²) in [4.78, 5) is 14.4. The van der Waals surface area contributed by atoms with Gasteiger partial charge in [-0.3, -0.25) is 0 Å². The van der Waals surface area contributed by atoms with Gasteiger partial charge in [-0.25, -0.2) is 4.79 Å². The molecule has 0 radical (unpaired) electrons. The minimum atomic E-state index is -0.179. The quantitative estimate of drug-likeness (QED) is 0.793. The van der Waals surface area contributed by atoms with Gasteiger partial charge in [0.25, 0.3) is 0 Å². The van der Waals surface area contributed by atoms with E-state index >= 15 is 0 Å². The lowest BCUT2D eigenvalue weighted by Crippen LogP contribution is -2.32. The molecule has 2 amide bonds. The SMILES string of the molecule is CCOCCNC(=O)Nc1ccccc1N1CCCCCC1. The molecular weight excluding hydrogens is 278 g/mol. The Morgan fingerprint density at radius 1 is 1.18 bits per heavy atom. The van der Waals surface area contributed by atoms with E-state index in [0.29, 0.717) is 19.8 Å². The van der Waals surface area contributed by atoms with Crippen LogP contribution in [-0.2, 0) is 4.74 Å². The Bertz CT molecular complexity index is 457. The zero-order valence-corrected chi connectivity index (χ0v) is 13.4. The van der Waals surface area contributed by atoms with Crippen LogP contribution < -0.4 is 15.5 Å². The molecule has 5 nitrogen and oxygen atoms in total. The number of amides is 2. The Morgan fingerprint density at radius 3 is 2.64 bits per heavy atom. The number of anilines is 2. The zero-order chi connectivity index (χ0) is 15.6. The molecule has 5 heteroatoms. The van der Waals surface area contributed by atoms with Gasteiger partial charge in [0.1, 0.15) is 0 Å². The van der Waals surface area contributed by atoms with Crippen molar-refractivity contribution in [3.05, 3.63) is 24.3 Å². The van der Waals surface area contributed by atoms with Crippen LogP contribution in [0.4, 0.5) is 16.2 Å². The number of carbonyl (C=O) groups excluding carboxylic acids is 1. The van der Waals surface area contributed by atoms with Crippen molar-refractivity contribution >= 4 is 17.4 Å². The summed E-state index contributed by atoms with van der Waals surface area (Å²) in [6.07, 6.45) is 5.03. The van der Waals surface area contributed by atoms with E-state index in [0.717, 1.165) is 24.5 Å². The standard InChI is InChI=1S/C17H27N3O2/c1-2-22-14-11-18-17(21)19-15-9-5-6-10-16(15)20-12-7-3-4-8-13-20/h5-6,9-10H,2-4,7-8,11-14H2,1H3,(H2,18,19,21). The van der Waals surface area contributed by atoms with Gasteiger partial charge in [0.15, 0.2) is 0 Å². The highest BCUT2D eigenvalue weighted by Crippen LogP contribution is 2.27. The fourth-order valence-corrected chi connectivity index (χ4v) is 2.71. The first-order valence-corrected chi connectivity index (χ1v) is 8.28. The average molecular weight is 305 g/mol. The number of nitrogens with one attached hydrogen (secondary N) is 2. The molecule has 1 aromatic carbocycles. The smallest absolute Gasteiger partial charge is 0.319 e. The van der Waals surface area contributed by atoms with Crippen LogP contribution in [0, 0.1) is 0 Å². The third-order valence-electron chi connectivity index (χ3n) is 3.84. The monoisotopic (exact) mass is 305 g/mol. The normalized spacial score (nSPS) is 15.2. The summed E-state index contributed by atoms with van der Waals surface area (Å²) in [5, 5.41) is 5.77. The third kappa shape index (κ3) is 5.22. The first-order valence-electron chi connectivity index (χ1n) is 8.28. The number of carbonyl (C=O) groups is 1. The van der Waals surface area contributed by atoms with Gasteiger partial charge in [-0.2, -0.15) is 0 Å². The lowest BCUT2D eigenvalue weighted by Gasteiger charge is -2.25. The molecule has 0 unspecified atom stereocenters. The van der Waals surface area contributed by atoms with E-state index in [1.165, 1.54) is 25.7 Å². The Labute approximate surface area is 133 Å². The topological polar surface area (TPSA) is 53.6 Å². The molecule has 0 aromatic heterocycles. The summed E-state index contributed by atoms with van der Waals surface area (Å²) in [5.74, 6) is 0. The van der Waals surface area contributed by atoms with Gasteiger partial charge in [-0.1, -0.05) is 25.0 Å². The van der Waals surface area contributed by atoms with Crippen molar-refractivity contribution < 1.29 is 9.53 Å². The van der Waals surface area contributed by atoms with Crippen molar-refractivity contribution in [2.24, 2.45) is 0 Å². The van der Waals surface area contributed by atoms with Crippen LogP contribution in [0.25, 0.3) is 0 Å². The van der Waals surface area contributed by atoms with E-state index in [2.05, 4.69) is 21.6 Å². The minimum Gasteiger partial charge on any atom is -0.380 e. The molecule has 2 rings (SSSR count). The van der Waals surface area contributed by atoms with Crippen molar-refractivity contribution in [2.75, 3.05) is 43.1 Å². The molecular formula is C17H27N3O2. The fourth-order valence-electron chi connectivity index (χ4n) is 2.71. The zero-order valence-electron chi connectivity index (χ0n) is 13.4. The van der Waals surface area contributed by atoms with E-state index in [9.17, 15) is 4.79 Å². The molecule has 1 aromatic rings. The van der Waals surface area contributed by atoms with Crippen LogP contribution in [-0.4, -0.2) is 38.9 Å². The van der Waals surface area contributed by atoms with Crippen molar-refractivity contribution in [3.8, 4) is 0 Å². The van der Waals surface area contributed by atoms with Crippen molar-refractivity contribution in [1.29, 1.82) is 0 Å². The van der Waals surface area contributed by atoms with Gasteiger partial charge >= 0.3 is 6.03 Å². The highest BCUT2D eigenvalue weighted by Gasteiger charge is 2.14. The number of rotatable bonds is 6. The molecule has 0 saturated carbocycles. The molecule has 1 fully saturated rings. The predicted molar refractivity (Wildman–Crippen MR) is 90.6 cm³/mol. The molecule has 0 spiro atoms. The fraction of sp³-hybridized carbons (Fsp3) is 0.588. The first-order chi connectivity index (χ1) is 10.8. The molecule has 2 N–H and O–H groups in total. The summed E-state index contributed by atoms with van der Waals surface area (Å²) in [5.41, 5.74) is 1.99. The Morgan fingerprint density at radius 2 is 1.91 bits per heavy atom. The summed E-state index contributed by atoms with van der Waals surface area (Å²) in [7, 11) is 0. The van der Waals surface area contributed by atoms with Crippen LogP contribution in [0.15, 0.2) is 24.3 Å². The van der Waals surface area contributed by atoms with Crippen molar-refractivity contribution in [1.82, 2.24) is 5.32 Å². The summed E-state index contributed by atoms with van der Waals surface area (Å²) in [6, 6.07) is 7.85. The van der Waals surface area contributed by atoms with Crippen molar-refractivity contribution in [3.63, 3.8) is 0 Å². The van der Waals surface area contributed by atoms with Crippen LogP contribution in [0.2, 0.25) is 0 Å². The molecule has 1 saturated heterocycles. The number of urea groups is 1. The lowest BCUT2D eigenvalue weighted by molar-refractivity contribution is 0.150. The first kappa shape index (κ1) is 16.6. The van der Waals surface area contributed by atoms with E-state index in [4.69, 9.17) is 4.74 Å². The summed E-state index contributed by atoms with van der Waals surface area (Å²) in [6.45, 7) is 5.79. The largest absolute Gasteiger partial charge is 0.380 e. The van der Waals surface area contributed by atoms with E-state index in [1.807, 2.05) is 25.1 Å². The second-order valence-corrected chi connectivity index (χ2v) is 5.50. The van der Waals surface area contributed by atoms with Gasteiger partial charge in [-0.15, -0.1) is 0 Å². The number of hydrogen-bond acceptors (Lipinski definition) is 3. The van der Waals surface area contributed by atoms with Crippen LogP contribution >= 0.6 is 0 Å². The molecule has 1 aliphatic heterocycles. The maximum atomic E-state index is 12.0. The van der Waals surface area contributed by atoms with E-state index in [-0.39, 0.29) is 6.03 Å². The van der Waals surface area contributed by atoms with E-state index in [1.54, 1.807) is 0 Å². The molecule has 1 heterocycles. The second kappa shape index (κ2) is 9.30. The van der Waals surface area contributed by atoms with Crippen LogP contribution in [0.5, 0.6) is 0 Å². The van der Waals surface area contributed by atoms with Gasteiger partial charge < -0.3 is 20.3 Å². The number of para-hydroxylation sites is 2. The number of nitrogens with zero attached hydrogens (tertiary/aromatic N) is 1. The van der Waals surface area contributed by atoms with Crippen molar-refractivity contribution in [2.45, 2.75) is 32.6 Å². The van der Waals surface area contributed by atoms with Crippen LogP contribution in [0.1, 0.15) is 32.6 Å². The van der Waals surface area contributed by atoms with Crippen LogP contribution in [0.3, 0.4) is 0 Å². The number of hydrogen-bond donors (Lipinski definition) is 2. The molecule has 0 atom stereocenters. The molecule has 122 valence electrons. The lowest BCUT2D eigenvalue weighted by atomic mass is 10.2. The Hall–Kier alpha value is -1.75. The molecule has 1 aliphatic rings. The highest BCUT2D eigenvalue weighted by molar-refractivity contribution is 5.93. The maximum absolute atomic E-state index is 12.0. The second-order valence-electron chi connectivity index (χ2n) is 5.50. The average Bonchev–Trinajstić information content (AvgIpc) is 2.81. The Balaban J connectivity index is 1.94. The minimum absolute atomic E-state index is 0.179. The maximum Gasteiger partial charge on any atom is 0.319 e. The predicted octanol–water partition coefficient (Wildman–Crippen LogP) is 3.23. The van der Waals surface area contributed by atoms with Gasteiger partial charge in [0.05, 0.1) is 18.0 Å². The summed E-state index contributed by atoms with van der Waals surface area (Å²) >= 11 is 0. The number of ether oxygens (including phenoxy) is 1. The van der Waals surface area contributed by atoms with Gasteiger partial charge in [-0.05, 0) is 31.9 Å². The summed E-state index contributed by atoms with van der Waals surface area (Å²) < 4.78 is 5.22. The highest BCUT2D eigenvalue weighted by atomic mass is 16.5. The van der Waals surface area contributed by atoms with Gasteiger partial charge in [0.2, 0.25) is 0 Å². The molecule has 22 heavy (non-hydrogen) atoms. The Kier molecular flexibility index (Phi) is 7.03. The van der Waals surface area contributed by atoms with E-state index < -0.39 is 0 Å². The van der Waals surface area contributed by atoms with Gasteiger partial charge in [0, 0.05) is 26.2 Å². The third-order valence-corrected chi connectivity index (χ3v) is 3.84. The molecule has 0 bridgehead atoms. The molecule has 0 aliphatic carbocycles. The number of benzene rings is 1.